The maximum absolute atomic E-state index is 12.2. The quantitative estimate of drug-likeness (QED) is 0.645. The van der Waals surface area contributed by atoms with Gasteiger partial charge in [-0.1, -0.05) is 0 Å². The first-order chi connectivity index (χ1) is 7.15. The third kappa shape index (κ3) is 1.41. The molecule has 0 aromatic rings. The van der Waals surface area contributed by atoms with Gasteiger partial charge in [-0.05, 0) is 55.8 Å². The summed E-state index contributed by atoms with van der Waals surface area (Å²) in [5, 5.41) is 0. The molecule has 4 rings (SSSR count). The van der Waals surface area contributed by atoms with Crippen LogP contribution in [0.4, 0.5) is 0 Å². The van der Waals surface area contributed by atoms with Crippen molar-refractivity contribution in [3.8, 4) is 0 Å². The van der Waals surface area contributed by atoms with Crippen LogP contribution in [0.1, 0.15) is 32.1 Å². The molecule has 2 nitrogen and oxygen atoms in total. The summed E-state index contributed by atoms with van der Waals surface area (Å²) in [5.74, 6) is 4.20. The summed E-state index contributed by atoms with van der Waals surface area (Å²) < 4.78 is 0. The van der Waals surface area contributed by atoms with Crippen LogP contribution >= 0.6 is 0 Å². The molecular weight excluding hydrogens is 186 g/mol. The van der Waals surface area contributed by atoms with E-state index in [4.69, 9.17) is 0 Å². The minimum absolute atomic E-state index is 0.382. The van der Waals surface area contributed by atoms with Crippen LogP contribution in [0, 0.1) is 29.6 Å². The number of nitrogens with zero attached hydrogens (tertiary/aromatic N) is 1. The molecule has 4 bridgehead atoms. The average Bonchev–Trinajstić information content (AvgIpc) is 2.15. The number of carbonyl (C=O) groups is 1. The first-order valence-electron chi connectivity index (χ1n) is 6.36. The number of rotatable bonds is 1. The van der Waals surface area contributed by atoms with Crippen molar-refractivity contribution in [2.24, 2.45) is 29.6 Å². The van der Waals surface area contributed by atoms with Gasteiger partial charge in [0.2, 0.25) is 5.91 Å². The maximum atomic E-state index is 12.2. The molecule has 0 aromatic carbocycles. The molecule has 4 saturated carbocycles. The summed E-state index contributed by atoms with van der Waals surface area (Å²) in [6, 6.07) is 0. The lowest BCUT2D eigenvalue weighted by atomic mass is 9.51. The van der Waals surface area contributed by atoms with E-state index in [1.54, 1.807) is 0 Å². The van der Waals surface area contributed by atoms with E-state index >= 15 is 0 Å². The van der Waals surface area contributed by atoms with Gasteiger partial charge < -0.3 is 4.90 Å². The van der Waals surface area contributed by atoms with E-state index in [9.17, 15) is 4.79 Å². The standard InChI is InChI=1S/C13H21NO/c1-14(2)13(15)12-10-4-8-3-9(6-10)7-11(12)5-8/h8-12H,3-7H2,1-2H3. The molecule has 4 fully saturated rings. The maximum Gasteiger partial charge on any atom is 0.225 e. The Balaban J connectivity index is 1.83. The van der Waals surface area contributed by atoms with Crippen LogP contribution in [-0.2, 0) is 4.79 Å². The normalized spacial score (nSPS) is 46.9. The van der Waals surface area contributed by atoms with E-state index in [0.717, 1.165) is 23.7 Å². The van der Waals surface area contributed by atoms with Gasteiger partial charge in [-0.3, -0.25) is 4.79 Å². The van der Waals surface area contributed by atoms with Crippen LogP contribution in [-0.4, -0.2) is 24.9 Å². The predicted octanol–water partition coefficient (Wildman–Crippen LogP) is 2.15. The number of amides is 1. The van der Waals surface area contributed by atoms with Gasteiger partial charge in [0.15, 0.2) is 0 Å². The molecule has 84 valence electrons. The monoisotopic (exact) mass is 207 g/mol. The van der Waals surface area contributed by atoms with Crippen LogP contribution in [0.3, 0.4) is 0 Å². The summed E-state index contributed by atoms with van der Waals surface area (Å²) in [7, 11) is 3.82. The van der Waals surface area contributed by atoms with Crippen molar-refractivity contribution in [2.45, 2.75) is 32.1 Å². The van der Waals surface area contributed by atoms with E-state index in [0.29, 0.717) is 11.8 Å². The van der Waals surface area contributed by atoms with E-state index in [1.165, 1.54) is 32.1 Å². The molecule has 0 aliphatic heterocycles. The molecule has 0 atom stereocenters. The molecule has 2 heteroatoms. The number of carbonyl (C=O) groups excluding carboxylic acids is 1. The highest BCUT2D eigenvalue weighted by Gasteiger charge is 2.50. The Bertz CT molecular complexity index is 256. The Hall–Kier alpha value is -0.530. The van der Waals surface area contributed by atoms with Gasteiger partial charge in [-0.25, -0.2) is 0 Å². The summed E-state index contributed by atoms with van der Waals surface area (Å²) in [6.45, 7) is 0. The Morgan fingerprint density at radius 2 is 1.40 bits per heavy atom. The lowest BCUT2D eigenvalue weighted by molar-refractivity contribution is -0.146. The second kappa shape index (κ2) is 3.23. The van der Waals surface area contributed by atoms with Crippen molar-refractivity contribution in [3.63, 3.8) is 0 Å². The van der Waals surface area contributed by atoms with Gasteiger partial charge in [0.25, 0.3) is 0 Å². The zero-order chi connectivity index (χ0) is 10.6. The van der Waals surface area contributed by atoms with E-state index in [1.807, 2.05) is 19.0 Å². The third-order valence-electron chi connectivity index (χ3n) is 4.95. The third-order valence-corrected chi connectivity index (χ3v) is 4.95. The van der Waals surface area contributed by atoms with Crippen molar-refractivity contribution >= 4 is 5.91 Å². The van der Waals surface area contributed by atoms with Crippen LogP contribution < -0.4 is 0 Å². The number of hydrogen-bond donors (Lipinski definition) is 0. The summed E-state index contributed by atoms with van der Waals surface area (Å²) >= 11 is 0. The first-order valence-corrected chi connectivity index (χ1v) is 6.36. The molecular formula is C13H21NO. The molecule has 0 saturated heterocycles. The summed E-state index contributed by atoms with van der Waals surface area (Å²) in [4.78, 5) is 14.0. The largest absolute Gasteiger partial charge is 0.349 e. The molecule has 15 heavy (non-hydrogen) atoms. The molecule has 4 aliphatic carbocycles. The lowest BCUT2D eigenvalue weighted by Gasteiger charge is -2.54. The minimum atomic E-state index is 0.382. The highest BCUT2D eigenvalue weighted by Crippen LogP contribution is 2.56. The summed E-state index contributed by atoms with van der Waals surface area (Å²) in [5.41, 5.74) is 0. The van der Waals surface area contributed by atoms with Crippen LogP contribution in [0.2, 0.25) is 0 Å². The second-order valence-corrected chi connectivity index (χ2v) is 6.19. The highest BCUT2D eigenvalue weighted by molar-refractivity contribution is 5.79. The Morgan fingerprint density at radius 1 is 0.933 bits per heavy atom. The lowest BCUT2D eigenvalue weighted by Crippen LogP contribution is -2.50. The highest BCUT2D eigenvalue weighted by atomic mass is 16.2. The molecule has 0 aromatic heterocycles. The van der Waals surface area contributed by atoms with Crippen molar-refractivity contribution in [3.05, 3.63) is 0 Å². The first kappa shape index (κ1) is 9.68. The predicted molar refractivity (Wildman–Crippen MR) is 59.2 cm³/mol. The van der Waals surface area contributed by atoms with Crippen molar-refractivity contribution in [1.82, 2.24) is 4.90 Å². The minimum Gasteiger partial charge on any atom is -0.349 e. The van der Waals surface area contributed by atoms with Crippen LogP contribution in [0.5, 0.6) is 0 Å². The van der Waals surface area contributed by atoms with Crippen LogP contribution in [0.25, 0.3) is 0 Å². The molecule has 1 amide bonds. The van der Waals surface area contributed by atoms with E-state index < -0.39 is 0 Å². The van der Waals surface area contributed by atoms with Crippen molar-refractivity contribution < 1.29 is 4.79 Å². The van der Waals surface area contributed by atoms with Crippen molar-refractivity contribution in [2.75, 3.05) is 14.1 Å². The Morgan fingerprint density at radius 3 is 1.80 bits per heavy atom. The SMILES string of the molecule is CN(C)C(=O)C1C2CC3CC(C2)CC1C3. The Kier molecular flexibility index (Phi) is 2.08. The zero-order valence-corrected chi connectivity index (χ0v) is 9.78. The second-order valence-electron chi connectivity index (χ2n) is 6.19. The average molecular weight is 207 g/mol. The van der Waals surface area contributed by atoms with Crippen molar-refractivity contribution in [1.29, 1.82) is 0 Å². The van der Waals surface area contributed by atoms with Crippen LogP contribution in [0.15, 0.2) is 0 Å². The fourth-order valence-corrected chi connectivity index (χ4v) is 4.63. The fraction of sp³-hybridized carbons (Fsp3) is 0.923. The van der Waals surface area contributed by atoms with Gasteiger partial charge in [0, 0.05) is 20.0 Å². The van der Waals surface area contributed by atoms with Gasteiger partial charge in [-0.15, -0.1) is 0 Å². The smallest absolute Gasteiger partial charge is 0.225 e. The zero-order valence-electron chi connectivity index (χ0n) is 9.78. The van der Waals surface area contributed by atoms with Gasteiger partial charge in [0.1, 0.15) is 0 Å². The molecule has 0 heterocycles. The fourth-order valence-electron chi connectivity index (χ4n) is 4.63. The Labute approximate surface area is 92.0 Å². The molecule has 4 aliphatic rings. The molecule has 0 spiro atoms. The number of hydrogen-bond acceptors (Lipinski definition) is 1. The van der Waals surface area contributed by atoms with Gasteiger partial charge >= 0.3 is 0 Å². The summed E-state index contributed by atoms with van der Waals surface area (Å²) in [6.07, 6.45) is 6.85. The molecule has 0 unspecified atom stereocenters. The van der Waals surface area contributed by atoms with Gasteiger partial charge in [0.05, 0.1) is 0 Å². The van der Waals surface area contributed by atoms with E-state index in [2.05, 4.69) is 0 Å². The topological polar surface area (TPSA) is 20.3 Å². The molecule has 0 N–H and O–H groups in total. The van der Waals surface area contributed by atoms with Gasteiger partial charge in [-0.2, -0.15) is 0 Å². The molecule has 0 radical (unpaired) electrons. The van der Waals surface area contributed by atoms with E-state index in [-0.39, 0.29) is 0 Å².